The second-order valence-corrected chi connectivity index (χ2v) is 6.68. The van der Waals surface area contributed by atoms with Gasteiger partial charge in [-0.25, -0.2) is 4.98 Å². The van der Waals surface area contributed by atoms with Crippen LogP contribution in [0.3, 0.4) is 0 Å². The molecule has 0 aromatic carbocycles. The van der Waals surface area contributed by atoms with Crippen molar-refractivity contribution in [2.75, 3.05) is 0 Å². The number of aromatic nitrogens is 6. The van der Waals surface area contributed by atoms with E-state index in [1.54, 1.807) is 18.6 Å². The molecule has 0 atom stereocenters. The van der Waals surface area contributed by atoms with Gasteiger partial charge < -0.3 is 9.88 Å². The van der Waals surface area contributed by atoms with E-state index in [9.17, 15) is 4.79 Å². The van der Waals surface area contributed by atoms with Crippen LogP contribution >= 0.6 is 11.3 Å². The van der Waals surface area contributed by atoms with E-state index in [4.69, 9.17) is 0 Å². The largest absolute Gasteiger partial charge is 0.344 e. The first kappa shape index (κ1) is 15.8. The summed E-state index contributed by atoms with van der Waals surface area (Å²) >= 11 is 1.48. The Morgan fingerprint density at radius 3 is 3.08 bits per heavy atom. The highest BCUT2D eigenvalue weighted by molar-refractivity contribution is 7.13. The lowest BCUT2D eigenvalue weighted by atomic mass is 10.2. The van der Waals surface area contributed by atoms with Crippen LogP contribution in [0.1, 0.15) is 41.4 Å². The third-order valence-corrected chi connectivity index (χ3v) is 4.99. The van der Waals surface area contributed by atoms with Gasteiger partial charge in [-0.15, -0.1) is 21.5 Å². The Balaban J connectivity index is 1.43. The van der Waals surface area contributed by atoms with Crippen LogP contribution in [0.5, 0.6) is 0 Å². The predicted octanol–water partition coefficient (Wildman–Crippen LogP) is 1.85. The average Bonchev–Trinajstić information content (AvgIpc) is 3.22. The van der Waals surface area contributed by atoms with Crippen LogP contribution in [-0.2, 0) is 19.5 Å². The van der Waals surface area contributed by atoms with Gasteiger partial charge >= 0.3 is 0 Å². The van der Waals surface area contributed by atoms with Crippen LogP contribution < -0.4 is 5.32 Å². The maximum Gasteiger partial charge on any atom is 0.289 e. The van der Waals surface area contributed by atoms with Gasteiger partial charge in [-0.2, -0.15) is 0 Å². The Hall–Kier alpha value is -2.68. The molecule has 0 bridgehead atoms. The van der Waals surface area contributed by atoms with Gasteiger partial charge in [0.15, 0.2) is 0 Å². The highest BCUT2D eigenvalue weighted by Gasteiger charge is 2.20. The number of carbonyl (C=O) groups is 1. The quantitative estimate of drug-likeness (QED) is 0.767. The normalized spacial score (nSPS) is 13.9. The SMILES string of the molecule is O=C(NCc1csc(-c2cnccn2)n1)c1nnc2n1CCCCC2. The molecule has 1 amide bonds. The number of aryl methyl sites for hydroxylation is 1. The number of thiazole rings is 1. The summed E-state index contributed by atoms with van der Waals surface area (Å²) in [4.78, 5) is 25.2. The monoisotopic (exact) mass is 355 g/mol. The van der Waals surface area contributed by atoms with E-state index in [0.717, 1.165) is 54.4 Å². The topological polar surface area (TPSA) is 98.5 Å². The third kappa shape index (κ3) is 3.41. The van der Waals surface area contributed by atoms with E-state index in [2.05, 4.69) is 30.5 Å². The number of hydrogen-bond acceptors (Lipinski definition) is 7. The van der Waals surface area contributed by atoms with Crippen LogP contribution in [0.15, 0.2) is 24.0 Å². The molecule has 0 saturated carbocycles. The maximum absolute atomic E-state index is 12.5. The van der Waals surface area contributed by atoms with E-state index >= 15 is 0 Å². The fourth-order valence-corrected chi connectivity index (χ4v) is 3.60. The standard InChI is InChI=1S/C16H17N7OS/c24-15(14-22-21-13-4-2-1-3-7-23(13)14)19-8-11-10-25-16(20-11)12-9-17-5-6-18-12/h5-6,9-10H,1-4,7-8H2,(H,19,24). The summed E-state index contributed by atoms with van der Waals surface area (Å²) in [5.74, 6) is 1.08. The van der Waals surface area contributed by atoms with Gasteiger partial charge in [-0.05, 0) is 12.8 Å². The second-order valence-electron chi connectivity index (χ2n) is 5.82. The zero-order chi connectivity index (χ0) is 17.1. The molecule has 3 aromatic heterocycles. The molecule has 1 N–H and O–H groups in total. The summed E-state index contributed by atoms with van der Waals surface area (Å²) in [7, 11) is 0. The van der Waals surface area contributed by atoms with E-state index in [1.807, 2.05) is 9.95 Å². The first-order valence-electron chi connectivity index (χ1n) is 8.22. The number of amides is 1. The molecule has 1 aliphatic rings. The molecular formula is C16H17N7OS. The maximum atomic E-state index is 12.5. The predicted molar refractivity (Wildman–Crippen MR) is 91.9 cm³/mol. The third-order valence-electron chi connectivity index (χ3n) is 4.08. The zero-order valence-corrected chi connectivity index (χ0v) is 14.4. The molecule has 9 heteroatoms. The molecule has 0 radical (unpaired) electrons. The van der Waals surface area contributed by atoms with E-state index in [0.29, 0.717) is 12.4 Å². The van der Waals surface area contributed by atoms with Crippen molar-refractivity contribution in [3.63, 3.8) is 0 Å². The van der Waals surface area contributed by atoms with Crippen LogP contribution in [0.4, 0.5) is 0 Å². The number of nitrogens with one attached hydrogen (secondary N) is 1. The van der Waals surface area contributed by atoms with E-state index in [1.165, 1.54) is 11.3 Å². The van der Waals surface area contributed by atoms with Crippen LogP contribution in [-0.4, -0.2) is 35.6 Å². The molecule has 0 unspecified atom stereocenters. The molecule has 0 spiro atoms. The van der Waals surface area contributed by atoms with Gasteiger partial charge in [0.1, 0.15) is 16.5 Å². The van der Waals surface area contributed by atoms with Gasteiger partial charge in [-0.3, -0.25) is 14.8 Å². The van der Waals surface area contributed by atoms with Gasteiger partial charge in [0.25, 0.3) is 5.91 Å². The first-order valence-corrected chi connectivity index (χ1v) is 9.10. The summed E-state index contributed by atoms with van der Waals surface area (Å²) in [5, 5.41) is 13.8. The highest BCUT2D eigenvalue weighted by Crippen LogP contribution is 2.20. The zero-order valence-electron chi connectivity index (χ0n) is 13.6. The lowest BCUT2D eigenvalue weighted by molar-refractivity contribution is 0.0935. The lowest BCUT2D eigenvalue weighted by Gasteiger charge is -2.06. The molecule has 4 rings (SSSR count). The molecule has 128 valence electrons. The molecule has 0 aliphatic carbocycles. The summed E-state index contributed by atoms with van der Waals surface area (Å²) in [6.07, 6.45) is 9.13. The average molecular weight is 355 g/mol. The molecule has 4 heterocycles. The highest BCUT2D eigenvalue weighted by atomic mass is 32.1. The molecule has 1 aliphatic heterocycles. The smallest absolute Gasteiger partial charge is 0.289 e. The Morgan fingerprint density at radius 1 is 1.24 bits per heavy atom. The van der Waals surface area contributed by atoms with Crippen molar-refractivity contribution in [1.82, 2.24) is 35.0 Å². The molecular weight excluding hydrogens is 338 g/mol. The van der Waals surface area contributed by atoms with Gasteiger partial charge in [0, 0.05) is 30.7 Å². The van der Waals surface area contributed by atoms with Gasteiger partial charge in [0.05, 0.1) is 18.4 Å². The van der Waals surface area contributed by atoms with Crippen molar-refractivity contribution in [1.29, 1.82) is 0 Å². The van der Waals surface area contributed by atoms with Crippen molar-refractivity contribution in [3.05, 3.63) is 41.3 Å². The van der Waals surface area contributed by atoms with Crippen molar-refractivity contribution in [2.24, 2.45) is 0 Å². The fourth-order valence-electron chi connectivity index (χ4n) is 2.82. The summed E-state index contributed by atoms with van der Waals surface area (Å²) in [6, 6.07) is 0. The van der Waals surface area contributed by atoms with Gasteiger partial charge in [-0.1, -0.05) is 6.42 Å². The van der Waals surface area contributed by atoms with Gasteiger partial charge in [0.2, 0.25) is 5.82 Å². The van der Waals surface area contributed by atoms with Crippen molar-refractivity contribution in [2.45, 2.75) is 38.8 Å². The molecule has 0 saturated heterocycles. The minimum atomic E-state index is -0.213. The summed E-state index contributed by atoms with van der Waals surface area (Å²) in [6.45, 7) is 1.15. The Morgan fingerprint density at radius 2 is 2.20 bits per heavy atom. The van der Waals surface area contributed by atoms with E-state index < -0.39 is 0 Å². The molecule has 3 aromatic rings. The first-order chi connectivity index (χ1) is 12.3. The van der Waals surface area contributed by atoms with Crippen molar-refractivity contribution in [3.8, 4) is 10.7 Å². The summed E-state index contributed by atoms with van der Waals surface area (Å²) < 4.78 is 1.94. The van der Waals surface area contributed by atoms with Crippen molar-refractivity contribution >= 4 is 17.2 Å². The van der Waals surface area contributed by atoms with E-state index in [-0.39, 0.29) is 5.91 Å². The number of nitrogens with zero attached hydrogens (tertiary/aromatic N) is 6. The second kappa shape index (κ2) is 7.06. The molecule has 8 nitrogen and oxygen atoms in total. The minimum absolute atomic E-state index is 0.213. The van der Waals surface area contributed by atoms with Crippen molar-refractivity contribution < 1.29 is 4.79 Å². The van der Waals surface area contributed by atoms with Crippen LogP contribution in [0.25, 0.3) is 10.7 Å². The Labute approximate surface area is 148 Å². The number of rotatable bonds is 4. The minimum Gasteiger partial charge on any atom is -0.344 e. The Kier molecular flexibility index (Phi) is 4.47. The molecule has 0 fully saturated rings. The van der Waals surface area contributed by atoms with Crippen LogP contribution in [0, 0.1) is 0 Å². The fraction of sp³-hybridized carbons (Fsp3) is 0.375. The number of carbonyl (C=O) groups excluding carboxylic acids is 1. The summed E-state index contributed by atoms with van der Waals surface area (Å²) in [5.41, 5.74) is 1.52. The lowest BCUT2D eigenvalue weighted by Crippen LogP contribution is -2.26. The van der Waals surface area contributed by atoms with Crippen LogP contribution in [0.2, 0.25) is 0 Å². The number of hydrogen-bond donors (Lipinski definition) is 1. The Bertz CT molecular complexity index is 874. The molecule has 25 heavy (non-hydrogen) atoms. The number of fused-ring (bicyclic) bond motifs is 1.